The van der Waals surface area contributed by atoms with E-state index in [2.05, 4.69) is 22.8 Å². The smallest absolute Gasteiger partial charge is 0.407 e. The maximum absolute atomic E-state index is 12.6. The molecule has 4 rings (SSSR count). The number of aromatic hydroxyl groups is 1. The number of carbonyl (C=O) groups is 3. The van der Waals surface area contributed by atoms with E-state index in [1.807, 2.05) is 43.3 Å². The number of rotatable bonds is 8. The van der Waals surface area contributed by atoms with Crippen molar-refractivity contribution < 1.29 is 29.3 Å². The number of ether oxygens (including phenoxy) is 1. The van der Waals surface area contributed by atoms with Crippen molar-refractivity contribution in [1.82, 2.24) is 5.32 Å². The van der Waals surface area contributed by atoms with Gasteiger partial charge in [0, 0.05) is 24.2 Å². The van der Waals surface area contributed by atoms with Crippen LogP contribution in [-0.4, -0.2) is 41.3 Å². The van der Waals surface area contributed by atoms with E-state index in [0.717, 1.165) is 22.3 Å². The molecule has 3 aromatic carbocycles. The second kappa shape index (κ2) is 10.3. The molecule has 0 fully saturated rings. The highest BCUT2D eigenvalue weighted by molar-refractivity contribution is 5.95. The Morgan fingerprint density at radius 2 is 1.60 bits per heavy atom. The number of aromatic carboxylic acids is 1. The minimum Gasteiger partial charge on any atom is -0.507 e. The molecule has 0 saturated carbocycles. The Balaban J connectivity index is 1.32. The first-order valence-corrected chi connectivity index (χ1v) is 11.3. The minimum absolute atomic E-state index is 0.0557. The van der Waals surface area contributed by atoms with E-state index in [1.54, 1.807) is 0 Å². The number of carboxylic acids is 1. The molecule has 2 amide bonds. The van der Waals surface area contributed by atoms with Crippen LogP contribution < -0.4 is 10.6 Å². The Morgan fingerprint density at radius 1 is 0.971 bits per heavy atom. The maximum Gasteiger partial charge on any atom is 0.407 e. The van der Waals surface area contributed by atoms with Crippen LogP contribution in [0.5, 0.6) is 5.75 Å². The molecule has 0 spiro atoms. The molecule has 0 aliphatic heterocycles. The lowest BCUT2D eigenvalue weighted by atomic mass is 9.98. The number of fused-ring (bicyclic) bond motifs is 3. The van der Waals surface area contributed by atoms with E-state index < -0.39 is 23.7 Å². The fourth-order valence-corrected chi connectivity index (χ4v) is 4.31. The summed E-state index contributed by atoms with van der Waals surface area (Å²) in [6.07, 6.45) is -0.157. The van der Waals surface area contributed by atoms with E-state index in [9.17, 15) is 19.5 Å². The van der Waals surface area contributed by atoms with E-state index >= 15 is 0 Å². The van der Waals surface area contributed by atoms with E-state index in [4.69, 9.17) is 9.84 Å². The first kappa shape index (κ1) is 23.8. The molecule has 180 valence electrons. The SMILES string of the molecule is CCC(CNC(=O)OCC1c2ccccc2-c2ccccc21)C(=O)Nc1ccc(C(=O)O)c(O)c1. The first-order chi connectivity index (χ1) is 16.9. The van der Waals surface area contributed by atoms with E-state index in [0.29, 0.717) is 6.42 Å². The number of anilines is 1. The molecule has 4 N–H and O–H groups in total. The number of benzene rings is 3. The van der Waals surface area contributed by atoms with Crippen molar-refractivity contribution in [3.8, 4) is 16.9 Å². The second-order valence-electron chi connectivity index (χ2n) is 8.34. The fraction of sp³-hybridized carbons (Fsp3) is 0.222. The monoisotopic (exact) mass is 474 g/mol. The molecule has 0 aromatic heterocycles. The molecule has 35 heavy (non-hydrogen) atoms. The van der Waals surface area contributed by atoms with Gasteiger partial charge in [0.05, 0.1) is 5.92 Å². The van der Waals surface area contributed by atoms with Gasteiger partial charge in [-0.3, -0.25) is 4.79 Å². The zero-order chi connectivity index (χ0) is 24.9. The molecule has 0 radical (unpaired) electrons. The number of alkyl carbamates (subject to hydrolysis) is 1. The second-order valence-corrected chi connectivity index (χ2v) is 8.34. The first-order valence-electron chi connectivity index (χ1n) is 11.3. The number of carboxylic acid groups (broad SMARTS) is 1. The summed E-state index contributed by atoms with van der Waals surface area (Å²) in [4.78, 5) is 36.1. The van der Waals surface area contributed by atoms with Gasteiger partial charge in [0.25, 0.3) is 0 Å². The third-order valence-corrected chi connectivity index (χ3v) is 6.20. The highest BCUT2D eigenvalue weighted by atomic mass is 16.5. The van der Waals surface area contributed by atoms with Crippen molar-refractivity contribution in [2.24, 2.45) is 5.92 Å². The van der Waals surface area contributed by atoms with Crippen molar-refractivity contribution in [3.63, 3.8) is 0 Å². The number of carbonyl (C=O) groups excluding carboxylic acids is 2. The van der Waals surface area contributed by atoms with Gasteiger partial charge in [-0.1, -0.05) is 55.5 Å². The predicted molar refractivity (Wildman–Crippen MR) is 131 cm³/mol. The fourth-order valence-electron chi connectivity index (χ4n) is 4.31. The number of hydrogen-bond donors (Lipinski definition) is 4. The lowest BCUT2D eigenvalue weighted by Gasteiger charge is -2.17. The van der Waals surface area contributed by atoms with Gasteiger partial charge in [-0.25, -0.2) is 9.59 Å². The van der Waals surface area contributed by atoms with Crippen LogP contribution >= 0.6 is 0 Å². The quantitative estimate of drug-likeness (QED) is 0.378. The zero-order valence-electron chi connectivity index (χ0n) is 19.2. The molecule has 0 bridgehead atoms. The van der Waals surface area contributed by atoms with Gasteiger partial charge in [-0.2, -0.15) is 0 Å². The molecular formula is C27H26N2O6. The van der Waals surface area contributed by atoms with Gasteiger partial charge in [0.1, 0.15) is 17.9 Å². The Hall–Kier alpha value is -4.33. The molecule has 1 aliphatic carbocycles. The third-order valence-electron chi connectivity index (χ3n) is 6.20. The van der Waals surface area contributed by atoms with Crippen molar-refractivity contribution in [3.05, 3.63) is 83.4 Å². The van der Waals surface area contributed by atoms with Crippen LogP contribution in [0, 0.1) is 5.92 Å². The highest BCUT2D eigenvalue weighted by Crippen LogP contribution is 2.44. The van der Waals surface area contributed by atoms with Crippen molar-refractivity contribution in [2.45, 2.75) is 19.3 Å². The molecule has 1 unspecified atom stereocenters. The van der Waals surface area contributed by atoms with Gasteiger partial charge in [0.2, 0.25) is 5.91 Å². The average molecular weight is 475 g/mol. The molecule has 0 heterocycles. The average Bonchev–Trinajstić information content (AvgIpc) is 3.16. The summed E-state index contributed by atoms with van der Waals surface area (Å²) in [6.45, 7) is 2.06. The largest absolute Gasteiger partial charge is 0.507 e. The van der Waals surface area contributed by atoms with Crippen LogP contribution in [0.3, 0.4) is 0 Å². The van der Waals surface area contributed by atoms with Gasteiger partial charge in [-0.05, 0) is 40.8 Å². The highest BCUT2D eigenvalue weighted by Gasteiger charge is 2.29. The standard InChI is InChI=1S/C27H26N2O6/c1-2-16(25(31)29-17-11-12-22(26(32)33)24(30)13-17)14-28-27(34)35-15-23-20-9-5-3-7-18(20)19-8-4-6-10-21(19)23/h3-13,16,23,30H,2,14-15H2,1H3,(H,28,34)(H,29,31)(H,32,33). The Kier molecular flexibility index (Phi) is 7.01. The Morgan fingerprint density at radius 3 is 2.17 bits per heavy atom. The van der Waals surface area contributed by atoms with E-state index in [-0.39, 0.29) is 36.2 Å². The molecule has 3 aromatic rings. The van der Waals surface area contributed by atoms with Crippen molar-refractivity contribution in [1.29, 1.82) is 0 Å². The van der Waals surface area contributed by atoms with Crippen LogP contribution in [0.25, 0.3) is 11.1 Å². The minimum atomic E-state index is -1.26. The summed E-state index contributed by atoms with van der Waals surface area (Å²) < 4.78 is 5.51. The maximum atomic E-state index is 12.6. The van der Waals surface area contributed by atoms with Crippen molar-refractivity contribution in [2.75, 3.05) is 18.5 Å². The van der Waals surface area contributed by atoms with Crippen LogP contribution in [0.15, 0.2) is 66.7 Å². The number of phenols is 1. The number of nitrogens with one attached hydrogen (secondary N) is 2. The van der Waals surface area contributed by atoms with Crippen LogP contribution in [0.4, 0.5) is 10.5 Å². The normalized spacial score (nSPS) is 12.8. The van der Waals surface area contributed by atoms with Crippen LogP contribution in [-0.2, 0) is 9.53 Å². The van der Waals surface area contributed by atoms with Gasteiger partial charge in [0.15, 0.2) is 0 Å². The molecule has 0 saturated heterocycles. The molecule has 8 heteroatoms. The Labute approximate surface area is 202 Å². The summed E-state index contributed by atoms with van der Waals surface area (Å²) in [7, 11) is 0. The number of amides is 2. The zero-order valence-corrected chi connectivity index (χ0v) is 19.2. The van der Waals surface area contributed by atoms with Gasteiger partial charge < -0.3 is 25.6 Å². The number of hydrogen-bond acceptors (Lipinski definition) is 5. The lowest BCUT2D eigenvalue weighted by Crippen LogP contribution is -2.36. The van der Waals surface area contributed by atoms with E-state index in [1.165, 1.54) is 18.2 Å². The van der Waals surface area contributed by atoms with Crippen molar-refractivity contribution >= 4 is 23.7 Å². The summed E-state index contributed by atoms with van der Waals surface area (Å²) in [5, 5.41) is 24.1. The molecule has 8 nitrogen and oxygen atoms in total. The summed E-state index contributed by atoms with van der Waals surface area (Å²) >= 11 is 0. The predicted octanol–water partition coefficient (Wildman–Crippen LogP) is 4.59. The lowest BCUT2D eigenvalue weighted by molar-refractivity contribution is -0.119. The molecule has 1 aliphatic rings. The van der Waals surface area contributed by atoms with Crippen LogP contribution in [0.1, 0.15) is 40.7 Å². The molecular weight excluding hydrogens is 448 g/mol. The topological polar surface area (TPSA) is 125 Å². The molecule has 1 atom stereocenters. The van der Waals surface area contributed by atoms with Crippen LogP contribution in [0.2, 0.25) is 0 Å². The summed E-state index contributed by atoms with van der Waals surface area (Å²) in [5.41, 5.74) is 4.52. The Bertz CT molecular complexity index is 1230. The van der Waals surface area contributed by atoms with Gasteiger partial charge in [-0.15, -0.1) is 0 Å². The summed E-state index contributed by atoms with van der Waals surface area (Å²) in [5.74, 6) is -2.68. The third kappa shape index (κ3) is 5.11. The van der Waals surface area contributed by atoms with Gasteiger partial charge >= 0.3 is 12.1 Å². The summed E-state index contributed by atoms with van der Waals surface area (Å²) in [6, 6.07) is 19.9.